The van der Waals surface area contributed by atoms with Gasteiger partial charge in [-0.1, -0.05) is 24.6 Å². The predicted octanol–water partition coefficient (Wildman–Crippen LogP) is 5.93. The lowest BCUT2D eigenvalue weighted by Gasteiger charge is -2.33. The van der Waals surface area contributed by atoms with Crippen LogP contribution >= 0.6 is 11.6 Å². The number of halogens is 1. The zero-order chi connectivity index (χ0) is 25.7. The maximum Gasteiger partial charge on any atom is 0.410 e. The molecule has 2 aliphatic heterocycles. The summed E-state index contributed by atoms with van der Waals surface area (Å²) in [5, 5.41) is 0.666. The number of ether oxygens (including phenoxy) is 2. The van der Waals surface area contributed by atoms with Crippen molar-refractivity contribution in [1.82, 2.24) is 14.9 Å². The first-order valence-corrected chi connectivity index (χ1v) is 13.6. The largest absolute Gasteiger partial charge is 0.489 e. The maximum atomic E-state index is 12.3. The molecule has 0 saturated carbocycles. The molecule has 196 valence electrons. The summed E-state index contributed by atoms with van der Waals surface area (Å²) in [7, 11) is 0. The summed E-state index contributed by atoms with van der Waals surface area (Å²) in [6.45, 7) is 11.0. The van der Waals surface area contributed by atoms with Crippen molar-refractivity contribution in [2.45, 2.75) is 77.9 Å². The monoisotopic (exact) mass is 514 g/mol. The highest BCUT2D eigenvalue weighted by Gasteiger charge is 2.27. The van der Waals surface area contributed by atoms with Crippen LogP contribution in [0.25, 0.3) is 0 Å². The molecule has 7 nitrogen and oxygen atoms in total. The van der Waals surface area contributed by atoms with Crippen molar-refractivity contribution in [3.63, 3.8) is 0 Å². The first-order valence-electron chi connectivity index (χ1n) is 13.2. The maximum absolute atomic E-state index is 12.3. The Bertz CT molecular complexity index is 1010. The Morgan fingerprint density at radius 2 is 1.69 bits per heavy atom. The number of aromatic nitrogens is 2. The highest BCUT2D eigenvalue weighted by molar-refractivity contribution is 6.32. The van der Waals surface area contributed by atoms with Crippen molar-refractivity contribution >= 4 is 23.6 Å². The third kappa shape index (κ3) is 7.25. The van der Waals surface area contributed by atoms with Gasteiger partial charge in [0.25, 0.3) is 0 Å². The number of aryl methyl sites for hydroxylation is 1. The molecular formula is C28H39ClN4O3. The summed E-state index contributed by atoms with van der Waals surface area (Å²) in [5.41, 5.74) is 1.91. The van der Waals surface area contributed by atoms with E-state index in [9.17, 15) is 4.79 Å². The molecule has 0 N–H and O–H groups in total. The standard InChI is InChI=1S/C28H39ClN4O3/c1-5-20-18-30-26(31-19-20)32-14-10-23(11-15-32)35-25-7-6-22(17-24(25)29)16-21-8-12-33(13-9-21)27(34)36-28(2,3)4/h6-7,17-19,21,23H,5,8-16H2,1-4H3. The second kappa shape index (κ2) is 11.7. The number of hydrogen-bond acceptors (Lipinski definition) is 6. The van der Waals surface area contributed by atoms with Gasteiger partial charge in [0, 0.05) is 51.4 Å². The minimum atomic E-state index is -0.458. The fourth-order valence-corrected chi connectivity index (χ4v) is 5.04. The van der Waals surface area contributed by atoms with E-state index in [-0.39, 0.29) is 12.2 Å². The number of hydrogen-bond donors (Lipinski definition) is 0. The van der Waals surface area contributed by atoms with Crippen LogP contribution < -0.4 is 9.64 Å². The van der Waals surface area contributed by atoms with Gasteiger partial charge in [-0.05, 0) is 75.6 Å². The zero-order valence-corrected chi connectivity index (χ0v) is 22.8. The smallest absolute Gasteiger partial charge is 0.410 e. The lowest BCUT2D eigenvalue weighted by atomic mass is 9.90. The van der Waals surface area contributed by atoms with Crippen molar-refractivity contribution in [3.05, 3.63) is 46.7 Å². The molecule has 2 fully saturated rings. The number of rotatable bonds is 6. The van der Waals surface area contributed by atoms with E-state index < -0.39 is 5.60 Å². The van der Waals surface area contributed by atoms with Gasteiger partial charge >= 0.3 is 6.09 Å². The summed E-state index contributed by atoms with van der Waals surface area (Å²) in [6.07, 6.45) is 9.42. The first kappa shape index (κ1) is 26.5. The SMILES string of the molecule is CCc1cnc(N2CCC(Oc3ccc(CC4CCN(C(=O)OC(C)(C)C)CC4)cc3Cl)CC2)nc1. The minimum Gasteiger partial charge on any atom is -0.489 e. The molecule has 2 aromatic rings. The molecule has 8 heteroatoms. The van der Waals surface area contributed by atoms with E-state index in [1.807, 2.05) is 50.2 Å². The van der Waals surface area contributed by atoms with Crippen LogP contribution in [0.15, 0.2) is 30.6 Å². The number of nitrogens with zero attached hydrogens (tertiary/aromatic N) is 4. The van der Waals surface area contributed by atoms with E-state index in [1.54, 1.807) is 0 Å². The predicted molar refractivity (Wildman–Crippen MR) is 143 cm³/mol. The number of benzene rings is 1. The Labute approximate surface area is 220 Å². The van der Waals surface area contributed by atoms with Crippen molar-refractivity contribution in [3.8, 4) is 5.75 Å². The lowest BCUT2D eigenvalue weighted by molar-refractivity contribution is 0.0184. The molecule has 1 amide bonds. The van der Waals surface area contributed by atoms with Crippen LogP contribution in [-0.4, -0.2) is 58.8 Å². The third-order valence-corrected chi connectivity index (χ3v) is 7.20. The Morgan fingerprint density at radius 1 is 1.03 bits per heavy atom. The Morgan fingerprint density at radius 3 is 2.28 bits per heavy atom. The van der Waals surface area contributed by atoms with Crippen LogP contribution in [0.5, 0.6) is 5.75 Å². The summed E-state index contributed by atoms with van der Waals surface area (Å²) in [5.74, 6) is 2.08. The average Bonchev–Trinajstić information content (AvgIpc) is 2.86. The van der Waals surface area contributed by atoms with E-state index in [2.05, 4.69) is 27.9 Å². The first-order chi connectivity index (χ1) is 17.2. The second-order valence-corrected chi connectivity index (χ2v) is 11.3. The van der Waals surface area contributed by atoms with Gasteiger partial charge in [-0.2, -0.15) is 0 Å². The molecule has 0 radical (unpaired) electrons. The van der Waals surface area contributed by atoms with E-state index in [0.29, 0.717) is 10.9 Å². The number of amides is 1. The van der Waals surface area contributed by atoms with Gasteiger partial charge in [0.1, 0.15) is 17.5 Å². The van der Waals surface area contributed by atoms with Crippen LogP contribution in [0.1, 0.15) is 64.5 Å². The van der Waals surface area contributed by atoms with Crippen LogP contribution in [0.3, 0.4) is 0 Å². The Balaban J connectivity index is 1.23. The summed E-state index contributed by atoms with van der Waals surface area (Å²) >= 11 is 6.62. The van der Waals surface area contributed by atoms with Gasteiger partial charge in [-0.25, -0.2) is 14.8 Å². The molecule has 36 heavy (non-hydrogen) atoms. The lowest BCUT2D eigenvalue weighted by Crippen LogP contribution is -2.42. The molecule has 0 unspecified atom stereocenters. The highest BCUT2D eigenvalue weighted by atomic mass is 35.5. The number of piperidine rings is 2. The van der Waals surface area contributed by atoms with Gasteiger partial charge in [-0.15, -0.1) is 0 Å². The van der Waals surface area contributed by atoms with Crippen molar-refractivity contribution in [2.24, 2.45) is 5.92 Å². The van der Waals surface area contributed by atoms with Gasteiger partial charge in [-0.3, -0.25) is 0 Å². The molecule has 3 heterocycles. The molecule has 1 aromatic carbocycles. The van der Waals surface area contributed by atoms with Gasteiger partial charge in [0.15, 0.2) is 0 Å². The number of carbonyl (C=O) groups is 1. The molecule has 4 rings (SSSR count). The third-order valence-electron chi connectivity index (χ3n) is 6.91. The number of likely N-dealkylation sites (tertiary alicyclic amines) is 1. The molecule has 0 spiro atoms. The summed E-state index contributed by atoms with van der Waals surface area (Å²) in [4.78, 5) is 25.4. The van der Waals surface area contributed by atoms with Crippen molar-refractivity contribution in [2.75, 3.05) is 31.1 Å². The average molecular weight is 515 g/mol. The molecule has 0 aliphatic carbocycles. The van der Waals surface area contributed by atoms with E-state index >= 15 is 0 Å². The van der Waals surface area contributed by atoms with E-state index in [1.165, 1.54) is 5.56 Å². The molecule has 0 atom stereocenters. The zero-order valence-electron chi connectivity index (χ0n) is 22.0. The van der Waals surface area contributed by atoms with Crippen LogP contribution in [0.4, 0.5) is 10.7 Å². The Hall–Kier alpha value is -2.54. The van der Waals surface area contributed by atoms with Crippen molar-refractivity contribution in [1.29, 1.82) is 0 Å². The van der Waals surface area contributed by atoms with Crippen LogP contribution in [0.2, 0.25) is 5.02 Å². The second-order valence-electron chi connectivity index (χ2n) is 10.9. The fourth-order valence-electron chi connectivity index (χ4n) is 4.79. The molecule has 2 aliphatic rings. The normalized spacial score (nSPS) is 17.8. The van der Waals surface area contributed by atoms with E-state index in [4.69, 9.17) is 21.1 Å². The van der Waals surface area contributed by atoms with Crippen LogP contribution in [0, 0.1) is 5.92 Å². The summed E-state index contributed by atoms with van der Waals surface area (Å²) < 4.78 is 11.8. The van der Waals surface area contributed by atoms with Gasteiger partial charge < -0.3 is 19.3 Å². The quantitative estimate of drug-likeness (QED) is 0.476. The topological polar surface area (TPSA) is 67.8 Å². The van der Waals surface area contributed by atoms with Crippen molar-refractivity contribution < 1.29 is 14.3 Å². The number of carbonyl (C=O) groups excluding carboxylic acids is 1. The summed E-state index contributed by atoms with van der Waals surface area (Å²) in [6, 6.07) is 6.17. The fraction of sp³-hybridized carbons (Fsp3) is 0.607. The molecule has 2 saturated heterocycles. The Kier molecular flexibility index (Phi) is 8.60. The molecular weight excluding hydrogens is 476 g/mol. The van der Waals surface area contributed by atoms with Crippen LogP contribution in [-0.2, 0) is 17.6 Å². The molecule has 0 bridgehead atoms. The van der Waals surface area contributed by atoms with E-state index in [0.717, 1.165) is 82.0 Å². The van der Waals surface area contributed by atoms with Gasteiger partial charge in [0.2, 0.25) is 5.95 Å². The molecule has 1 aromatic heterocycles. The number of anilines is 1. The highest BCUT2D eigenvalue weighted by Crippen LogP contribution is 2.31. The minimum absolute atomic E-state index is 0.136. The van der Waals surface area contributed by atoms with Gasteiger partial charge in [0.05, 0.1) is 5.02 Å².